The molecule has 1 aromatic carbocycles. The van der Waals surface area contributed by atoms with Crippen molar-refractivity contribution in [3.05, 3.63) is 83.0 Å². The highest BCUT2D eigenvalue weighted by Crippen LogP contribution is 2.55. The third-order valence-electron chi connectivity index (χ3n) is 11.4. The molecule has 3 aromatic heterocycles. The van der Waals surface area contributed by atoms with Gasteiger partial charge in [0.25, 0.3) is 11.8 Å². The fourth-order valence-corrected chi connectivity index (χ4v) is 8.19. The first-order valence-electron chi connectivity index (χ1n) is 17.3. The van der Waals surface area contributed by atoms with Crippen LogP contribution in [0.5, 0.6) is 0 Å². The van der Waals surface area contributed by atoms with E-state index < -0.39 is 5.97 Å². The molecule has 2 amide bonds. The van der Waals surface area contributed by atoms with Crippen molar-refractivity contribution >= 4 is 17.8 Å². The summed E-state index contributed by atoms with van der Waals surface area (Å²) in [6, 6.07) is 8.52. The molecule has 2 saturated heterocycles. The Hall–Kier alpha value is -4.81. The normalized spacial score (nSPS) is 23.2. The van der Waals surface area contributed by atoms with Gasteiger partial charge in [0, 0.05) is 55.8 Å². The van der Waals surface area contributed by atoms with Crippen LogP contribution in [-0.4, -0.2) is 88.6 Å². The van der Waals surface area contributed by atoms with E-state index in [-0.39, 0.29) is 46.1 Å². The van der Waals surface area contributed by atoms with Crippen molar-refractivity contribution in [1.29, 1.82) is 0 Å². The van der Waals surface area contributed by atoms with Gasteiger partial charge in [-0.2, -0.15) is 15.2 Å². The van der Waals surface area contributed by atoms with E-state index in [0.717, 1.165) is 17.7 Å². The summed E-state index contributed by atoms with van der Waals surface area (Å²) in [5, 5.41) is 23.1. The Morgan fingerprint density at radius 2 is 1.82 bits per heavy atom. The van der Waals surface area contributed by atoms with Crippen molar-refractivity contribution in [3.8, 4) is 0 Å². The number of likely N-dealkylation sites (tertiary alicyclic amines) is 2. The van der Waals surface area contributed by atoms with Crippen LogP contribution in [0.3, 0.4) is 0 Å². The molecule has 8 rings (SSSR count). The number of rotatable bonds is 9. The Morgan fingerprint density at radius 3 is 2.55 bits per heavy atom. The fraction of sp³-hybridized carbons (Fsp3) is 0.528. The number of carboxylic acid groups (broad SMARTS) is 1. The molecule has 2 aliphatic carbocycles. The third-order valence-corrected chi connectivity index (χ3v) is 11.4. The highest BCUT2D eigenvalue weighted by molar-refractivity contribution is 5.94. The molecule has 49 heavy (non-hydrogen) atoms. The van der Waals surface area contributed by atoms with Gasteiger partial charge in [-0.3, -0.25) is 19.0 Å². The number of aromatic carboxylic acids is 1. The number of hydrogen-bond donors (Lipinski definition) is 1. The highest BCUT2D eigenvalue weighted by Gasteiger charge is 2.61. The summed E-state index contributed by atoms with van der Waals surface area (Å²) in [6.07, 6.45) is 11.0. The standard InChI is InChI=1S/C36H42N8O5/c1-22(44-12-11-29(39-44)24-8-4-5-9-24)31-38-30(40-49-31)28-18-41(19-36(28)20-42(21-36)33(46)27-14-35(27,2)3)32(45)26-15-37-43(17-26)16-23-7-6-10-25(13-23)34(47)48/h6-7,10-13,15,17,22,24,27-28H,4-5,8-9,14,16,18-21H2,1-3H3,(H,47,48)/t22?,27-,28?/m1/s1. The predicted molar refractivity (Wildman–Crippen MR) is 176 cm³/mol. The lowest BCUT2D eigenvalue weighted by molar-refractivity contribution is -0.145. The van der Waals surface area contributed by atoms with E-state index in [1.165, 1.54) is 25.7 Å². The van der Waals surface area contributed by atoms with Gasteiger partial charge in [0.1, 0.15) is 6.04 Å². The third kappa shape index (κ3) is 5.72. The number of nitrogens with zero attached hydrogens (tertiary/aromatic N) is 8. The minimum atomic E-state index is -0.995. The number of hydrogen-bond acceptors (Lipinski definition) is 8. The van der Waals surface area contributed by atoms with E-state index in [1.54, 1.807) is 35.3 Å². The molecular formula is C36H42N8O5. The summed E-state index contributed by atoms with van der Waals surface area (Å²) in [5.74, 6) is 0.396. The molecule has 1 spiro atoms. The Balaban J connectivity index is 1.01. The molecule has 4 fully saturated rings. The Kier molecular flexibility index (Phi) is 7.49. The van der Waals surface area contributed by atoms with Crippen LogP contribution in [-0.2, 0) is 11.3 Å². The van der Waals surface area contributed by atoms with E-state index in [9.17, 15) is 19.5 Å². The first-order chi connectivity index (χ1) is 23.5. The zero-order valence-corrected chi connectivity index (χ0v) is 28.2. The average molecular weight is 667 g/mol. The number of carbonyl (C=O) groups excluding carboxylic acids is 2. The molecule has 4 aliphatic rings. The van der Waals surface area contributed by atoms with Crippen LogP contribution in [0.2, 0.25) is 0 Å². The second-order valence-electron chi connectivity index (χ2n) is 15.3. The lowest BCUT2D eigenvalue weighted by atomic mass is 9.71. The van der Waals surface area contributed by atoms with Crippen LogP contribution in [0.15, 0.2) is 53.4 Å². The minimum Gasteiger partial charge on any atom is -0.478 e. The van der Waals surface area contributed by atoms with Gasteiger partial charge in [-0.25, -0.2) is 4.79 Å². The highest BCUT2D eigenvalue weighted by atomic mass is 16.5. The van der Waals surface area contributed by atoms with E-state index in [1.807, 2.05) is 33.7 Å². The molecule has 1 N–H and O–H groups in total. The fourth-order valence-electron chi connectivity index (χ4n) is 8.19. The van der Waals surface area contributed by atoms with Crippen molar-refractivity contribution in [2.24, 2.45) is 16.7 Å². The lowest BCUT2D eigenvalue weighted by Crippen LogP contribution is -2.62. The first-order valence-corrected chi connectivity index (χ1v) is 17.3. The van der Waals surface area contributed by atoms with E-state index in [0.29, 0.717) is 55.9 Å². The number of benzene rings is 1. The maximum atomic E-state index is 13.9. The largest absolute Gasteiger partial charge is 0.478 e. The molecule has 0 radical (unpaired) electrons. The van der Waals surface area contributed by atoms with Gasteiger partial charge in [0.05, 0.1) is 35.5 Å². The number of aromatic nitrogens is 6. The smallest absolute Gasteiger partial charge is 0.335 e. The van der Waals surface area contributed by atoms with Gasteiger partial charge in [-0.1, -0.05) is 44.0 Å². The molecule has 2 unspecified atom stereocenters. The molecule has 4 aromatic rings. The maximum Gasteiger partial charge on any atom is 0.335 e. The molecule has 13 nitrogen and oxygen atoms in total. The van der Waals surface area contributed by atoms with E-state index in [4.69, 9.17) is 14.6 Å². The summed E-state index contributed by atoms with van der Waals surface area (Å²) >= 11 is 0. The maximum absolute atomic E-state index is 13.9. The number of carbonyl (C=O) groups is 3. The Bertz CT molecular complexity index is 1910. The number of carboxylic acids is 1. The van der Waals surface area contributed by atoms with Gasteiger partial charge in [-0.15, -0.1) is 0 Å². The Labute approximate surface area is 284 Å². The van der Waals surface area contributed by atoms with Crippen molar-refractivity contribution in [2.75, 3.05) is 26.2 Å². The van der Waals surface area contributed by atoms with Crippen LogP contribution < -0.4 is 0 Å². The summed E-state index contributed by atoms with van der Waals surface area (Å²) in [5.41, 5.74) is 2.18. The first kappa shape index (κ1) is 31.5. The summed E-state index contributed by atoms with van der Waals surface area (Å²) in [7, 11) is 0. The minimum absolute atomic E-state index is 0.0366. The van der Waals surface area contributed by atoms with Crippen LogP contribution in [0.1, 0.15) is 114 Å². The predicted octanol–water partition coefficient (Wildman–Crippen LogP) is 4.59. The van der Waals surface area contributed by atoms with Crippen LogP contribution in [0, 0.1) is 16.7 Å². The molecular weight excluding hydrogens is 624 g/mol. The van der Waals surface area contributed by atoms with Gasteiger partial charge in [-0.05, 0) is 55.4 Å². The molecule has 2 saturated carbocycles. The molecule has 13 heteroatoms. The van der Waals surface area contributed by atoms with Crippen molar-refractivity contribution in [3.63, 3.8) is 0 Å². The van der Waals surface area contributed by atoms with Crippen LogP contribution in [0.4, 0.5) is 0 Å². The van der Waals surface area contributed by atoms with Gasteiger partial charge < -0.3 is 19.4 Å². The summed E-state index contributed by atoms with van der Waals surface area (Å²) in [6.45, 7) is 8.52. The quantitative estimate of drug-likeness (QED) is 0.270. The van der Waals surface area contributed by atoms with Crippen molar-refractivity contribution in [2.45, 2.75) is 77.3 Å². The Morgan fingerprint density at radius 1 is 1.06 bits per heavy atom. The molecule has 2 aliphatic heterocycles. The van der Waals surface area contributed by atoms with Crippen LogP contribution in [0.25, 0.3) is 0 Å². The molecule has 5 heterocycles. The van der Waals surface area contributed by atoms with Crippen molar-refractivity contribution in [1.82, 2.24) is 39.5 Å². The van der Waals surface area contributed by atoms with Crippen LogP contribution >= 0.6 is 0 Å². The van der Waals surface area contributed by atoms with Gasteiger partial charge >= 0.3 is 5.97 Å². The molecule has 3 atom stereocenters. The second kappa shape index (κ2) is 11.7. The van der Waals surface area contributed by atoms with E-state index in [2.05, 4.69) is 30.2 Å². The summed E-state index contributed by atoms with van der Waals surface area (Å²) < 4.78 is 9.38. The zero-order chi connectivity index (χ0) is 34.1. The zero-order valence-electron chi connectivity index (χ0n) is 28.2. The summed E-state index contributed by atoms with van der Waals surface area (Å²) in [4.78, 5) is 47.3. The lowest BCUT2D eigenvalue weighted by Gasteiger charge is -2.50. The van der Waals surface area contributed by atoms with Gasteiger partial charge in [0.15, 0.2) is 5.82 Å². The molecule has 0 bridgehead atoms. The molecule has 256 valence electrons. The number of amides is 2. The van der Waals surface area contributed by atoms with Crippen molar-refractivity contribution < 1.29 is 24.0 Å². The average Bonchev–Trinajstić information content (AvgIpc) is 3.80. The topological polar surface area (TPSA) is 152 Å². The SMILES string of the molecule is CC(c1nc(C2CN(C(=O)c3cnn(Cc4cccc(C(=O)O)c4)c3)CC23CN(C(=O)[C@H]2CC2(C)C)C3)no1)n1ccc(C2CCCC2)n1. The van der Waals surface area contributed by atoms with E-state index >= 15 is 0 Å². The van der Waals surface area contributed by atoms with Gasteiger partial charge in [0.2, 0.25) is 5.91 Å². The second-order valence-corrected chi connectivity index (χ2v) is 15.3. The monoisotopic (exact) mass is 666 g/mol.